The molecular formula is C14H19BrN2O3S. The second-order valence-corrected chi connectivity index (χ2v) is 8.43. The Morgan fingerprint density at radius 2 is 1.86 bits per heavy atom. The van der Waals surface area contributed by atoms with Crippen LogP contribution < -0.4 is 5.32 Å². The van der Waals surface area contributed by atoms with Gasteiger partial charge in [-0.1, -0.05) is 0 Å². The summed E-state index contributed by atoms with van der Waals surface area (Å²) in [6.45, 7) is 5.29. The quantitative estimate of drug-likeness (QED) is 0.854. The zero-order valence-electron chi connectivity index (χ0n) is 12.3. The van der Waals surface area contributed by atoms with Crippen molar-refractivity contribution in [3.8, 4) is 0 Å². The summed E-state index contributed by atoms with van der Waals surface area (Å²) in [5, 5.41) is 3.36. The van der Waals surface area contributed by atoms with Gasteiger partial charge in [-0.05, 0) is 48.0 Å². The number of sulfone groups is 1. The first-order valence-corrected chi connectivity index (χ1v) is 9.42. The third kappa shape index (κ3) is 3.84. The molecule has 0 aromatic heterocycles. The van der Waals surface area contributed by atoms with Crippen LogP contribution in [0.3, 0.4) is 0 Å². The van der Waals surface area contributed by atoms with E-state index in [0.717, 1.165) is 6.26 Å². The highest BCUT2D eigenvalue weighted by Gasteiger charge is 2.26. The van der Waals surface area contributed by atoms with Crippen molar-refractivity contribution in [1.82, 2.24) is 10.2 Å². The number of carbonyl (C=O) groups excluding carboxylic acids is 1. The first kappa shape index (κ1) is 16.5. The van der Waals surface area contributed by atoms with Crippen molar-refractivity contribution < 1.29 is 13.2 Å². The lowest BCUT2D eigenvalue weighted by molar-refractivity contribution is 0.0673. The van der Waals surface area contributed by atoms with E-state index in [1.54, 1.807) is 17.0 Å². The van der Waals surface area contributed by atoms with Crippen molar-refractivity contribution in [2.24, 2.45) is 0 Å². The summed E-state index contributed by atoms with van der Waals surface area (Å²) in [7, 11) is -3.37. The van der Waals surface area contributed by atoms with Crippen molar-refractivity contribution in [2.45, 2.75) is 30.8 Å². The van der Waals surface area contributed by atoms with Gasteiger partial charge in [-0.3, -0.25) is 4.79 Å². The lowest BCUT2D eigenvalue weighted by Gasteiger charge is -2.36. The third-order valence-electron chi connectivity index (χ3n) is 3.42. The van der Waals surface area contributed by atoms with Crippen LogP contribution >= 0.6 is 15.9 Å². The minimum atomic E-state index is -3.37. The Bertz CT molecular complexity index is 650. The van der Waals surface area contributed by atoms with Gasteiger partial charge in [0.25, 0.3) is 5.91 Å². The number of rotatable bonds is 2. The van der Waals surface area contributed by atoms with E-state index >= 15 is 0 Å². The van der Waals surface area contributed by atoms with Gasteiger partial charge in [0.2, 0.25) is 0 Å². The number of hydrogen-bond acceptors (Lipinski definition) is 4. The molecular weight excluding hydrogens is 356 g/mol. The monoisotopic (exact) mass is 374 g/mol. The topological polar surface area (TPSA) is 66.5 Å². The van der Waals surface area contributed by atoms with E-state index in [4.69, 9.17) is 0 Å². The number of nitrogens with one attached hydrogen (secondary N) is 1. The minimum absolute atomic E-state index is 0.132. The van der Waals surface area contributed by atoms with Gasteiger partial charge in [0.1, 0.15) is 0 Å². The SMILES string of the molecule is CC1CN(C(=O)c2ccc(Br)c(S(C)(=O)=O)c2)CC(C)N1. The highest BCUT2D eigenvalue weighted by atomic mass is 79.9. The van der Waals surface area contributed by atoms with Crippen LogP contribution in [0.2, 0.25) is 0 Å². The summed E-state index contributed by atoms with van der Waals surface area (Å²) >= 11 is 3.22. The molecule has 21 heavy (non-hydrogen) atoms. The van der Waals surface area contributed by atoms with Crippen molar-refractivity contribution in [1.29, 1.82) is 0 Å². The number of benzene rings is 1. The molecule has 1 aliphatic rings. The van der Waals surface area contributed by atoms with E-state index in [0.29, 0.717) is 23.1 Å². The number of carbonyl (C=O) groups is 1. The molecule has 1 N–H and O–H groups in total. The number of halogens is 1. The van der Waals surface area contributed by atoms with Gasteiger partial charge in [0.15, 0.2) is 9.84 Å². The molecule has 0 bridgehead atoms. The van der Waals surface area contributed by atoms with E-state index in [1.165, 1.54) is 6.07 Å². The molecule has 1 amide bonds. The fourth-order valence-corrected chi connectivity index (χ4v) is 4.49. The average molecular weight is 375 g/mol. The van der Waals surface area contributed by atoms with Crippen LogP contribution in [0.1, 0.15) is 24.2 Å². The molecule has 2 rings (SSSR count). The zero-order chi connectivity index (χ0) is 15.8. The van der Waals surface area contributed by atoms with Crippen LogP contribution in [0.25, 0.3) is 0 Å². The van der Waals surface area contributed by atoms with Crippen LogP contribution in [0.4, 0.5) is 0 Å². The standard InChI is InChI=1S/C14H19BrN2O3S/c1-9-7-17(8-10(2)16-9)14(18)11-4-5-12(15)13(6-11)21(3,19)20/h4-6,9-10,16H,7-8H2,1-3H3. The lowest BCUT2D eigenvalue weighted by atomic mass is 10.1. The molecule has 5 nitrogen and oxygen atoms in total. The number of amides is 1. The maximum absolute atomic E-state index is 12.6. The normalized spacial score (nSPS) is 23.1. The van der Waals surface area contributed by atoms with Crippen LogP contribution in [-0.4, -0.2) is 50.7 Å². The Hall–Kier alpha value is -0.920. The molecule has 1 aliphatic heterocycles. The van der Waals surface area contributed by atoms with Crippen molar-refractivity contribution in [3.05, 3.63) is 28.2 Å². The van der Waals surface area contributed by atoms with Crippen molar-refractivity contribution in [3.63, 3.8) is 0 Å². The highest BCUT2D eigenvalue weighted by Crippen LogP contribution is 2.24. The lowest BCUT2D eigenvalue weighted by Crippen LogP contribution is -2.55. The van der Waals surface area contributed by atoms with E-state index in [9.17, 15) is 13.2 Å². The number of piperazine rings is 1. The summed E-state index contributed by atoms with van der Waals surface area (Å²) in [5.41, 5.74) is 0.403. The summed E-state index contributed by atoms with van der Waals surface area (Å²) in [6.07, 6.45) is 1.14. The van der Waals surface area contributed by atoms with Gasteiger partial charge in [0.05, 0.1) is 4.90 Å². The molecule has 0 saturated carbocycles. The molecule has 7 heteroatoms. The Balaban J connectivity index is 2.32. The molecule has 2 atom stereocenters. The molecule has 1 heterocycles. The fraction of sp³-hybridized carbons (Fsp3) is 0.500. The molecule has 1 saturated heterocycles. The molecule has 2 unspecified atom stereocenters. The summed E-state index contributed by atoms with van der Waals surface area (Å²) in [5.74, 6) is -0.132. The van der Waals surface area contributed by atoms with Gasteiger partial charge in [0, 0.05) is 41.5 Å². The van der Waals surface area contributed by atoms with Crippen LogP contribution in [-0.2, 0) is 9.84 Å². The van der Waals surface area contributed by atoms with E-state index in [2.05, 4.69) is 21.2 Å². The van der Waals surface area contributed by atoms with Crippen molar-refractivity contribution in [2.75, 3.05) is 19.3 Å². The van der Waals surface area contributed by atoms with Crippen molar-refractivity contribution >= 4 is 31.7 Å². The van der Waals surface area contributed by atoms with Crippen LogP contribution in [0.5, 0.6) is 0 Å². The minimum Gasteiger partial charge on any atom is -0.336 e. The van der Waals surface area contributed by atoms with Gasteiger partial charge >= 0.3 is 0 Å². The first-order chi connectivity index (χ1) is 9.68. The number of hydrogen-bond donors (Lipinski definition) is 1. The molecule has 1 aromatic carbocycles. The van der Waals surface area contributed by atoms with Gasteiger partial charge in [-0.15, -0.1) is 0 Å². The molecule has 116 valence electrons. The Labute approximate surface area is 133 Å². The molecule has 0 spiro atoms. The Kier molecular flexibility index (Phi) is 4.75. The Morgan fingerprint density at radius 3 is 2.38 bits per heavy atom. The smallest absolute Gasteiger partial charge is 0.254 e. The fourth-order valence-electron chi connectivity index (χ4n) is 2.60. The molecule has 0 radical (unpaired) electrons. The first-order valence-electron chi connectivity index (χ1n) is 6.73. The van der Waals surface area contributed by atoms with E-state index in [1.807, 2.05) is 13.8 Å². The van der Waals surface area contributed by atoms with Gasteiger partial charge < -0.3 is 10.2 Å². The zero-order valence-corrected chi connectivity index (χ0v) is 14.7. The van der Waals surface area contributed by atoms with E-state index < -0.39 is 9.84 Å². The second kappa shape index (κ2) is 6.06. The summed E-state index contributed by atoms with van der Waals surface area (Å²) in [4.78, 5) is 14.5. The summed E-state index contributed by atoms with van der Waals surface area (Å²) < 4.78 is 24.0. The van der Waals surface area contributed by atoms with Crippen LogP contribution in [0, 0.1) is 0 Å². The molecule has 0 aliphatic carbocycles. The van der Waals surface area contributed by atoms with Crippen LogP contribution in [0.15, 0.2) is 27.6 Å². The molecule has 1 fully saturated rings. The van der Waals surface area contributed by atoms with Gasteiger partial charge in [-0.25, -0.2) is 8.42 Å². The second-order valence-electron chi connectivity index (χ2n) is 5.60. The predicted octanol–water partition coefficient (Wildman–Crippen LogP) is 1.68. The van der Waals surface area contributed by atoms with E-state index in [-0.39, 0.29) is 22.9 Å². The maximum Gasteiger partial charge on any atom is 0.254 e. The number of nitrogens with zero attached hydrogens (tertiary/aromatic N) is 1. The third-order valence-corrected chi connectivity index (χ3v) is 5.51. The highest BCUT2D eigenvalue weighted by molar-refractivity contribution is 9.10. The largest absolute Gasteiger partial charge is 0.336 e. The Morgan fingerprint density at radius 1 is 1.29 bits per heavy atom. The average Bonchev–Trinajstić information content (AvgIpc) is 2.36. The maximum atomic E-state index is 12.6. The summed E-state index contributed by atoms with van der Waals surface area (Å²) in [6, 6.07) is 5.15. The van der Waals surface area contributed by atoms with Gasteiger partial charge in [-0.2, -0.15) is 0 Å². The molecule has 1 aromatic rings. The predicted molar refractivity (Wildman–Crippen MR) is 85.2 cm³/mol.